The van der Waals surface area contributed by atoms with Crippen LogP contribution in [0.1, 0.15) is 6.92 Å². The highest BCUT2D eigenvalue weighted by atomic mass is 32.2. The topological polar surface area (TPSA) is 64.6 Å². The Kier molecular flexibility index (Phi) is 6.35. The summed E-state index contributed by atoms with van der Waals surface area (Å²) in [6, 6.07) is 7.65. The third-order valence-electron chi connectivity index (χ3n) is 3.49. The Morgan fingerprint density at radius 3 is 2.81 bits per heavy atom. The summed E-state index contributed by atoms with van der Waals surface area (Å²) in [6.07, 6.45) is 0. The number of nitrogens with zero attached hydrogens (tertiary/aromatic N) is 1. The van der Waals surface area contributed by atoms with E-state index in [2.05, 4.69) is 22.5 Å². The van der Waals surface area contributed by atoms with Gasteiger partial charge in [0.05, 0.1) is 12.6 Å². The molecule has 1 unspecified atom stereocenters. The van der Waals surface area contributed by atoms with Crippen LogP contribution in [0.2, 0.25) is 0 Å². The van der Waals surface area contributed by atoms with Gasteiger partial charge in [-0.05, 0) is 31.2 Å². The molecule has 1 aromatic carbocycles. The Morgan fingerprint density at radius 2 is 2.24 bits per heavy atom. The maximum Gasteiger partial charge on any atom is 0.242 e. The highest BCUT2D eigenvalue weighted by Crippen LogP contribution is 2.18. The zero-order valence-corrected chi connectivity index (χ0v) is 13.2. The van der Waals surface area contributed by atoms with Crippen molar-refractivity contribution < 1.29 is 9.90 Å². The number of aliphatic hydroxyl groups excluding tert-OH is 1. The van der Waals surface area contributed by atoms with Gasteiger partial charge in [0.2, 0.25) is 5.91 Å². The predicted molar refractivity (Wildman–Crippen MR) is 89.2 cm³/mol. The van der Waals surface area contributed by atoms with Crippen molar-refractivity contribution in [3.8, 4) is 0 Å². The fourth-order valence-corrected chi connectivity index (χ4v) is 3.24. The first kappa shape index (κ1) is 16.1. The Labute approximate surface area is 130 Å². The van der Waals surface area contributed by atoms with Crippen LogP contribution in [-0.4, -0.2) is 54.8 Å². The van der Waals surface area contributed by atoms with Crippen LogP contribution in [0.4, 0.5) is 11.4 Å². The van der Waals surface area contributed by atoms with Crippen molar-refractivity contribution in [1.29, 1.82) is 0 Å². The largest absolute Gasteiger partial charge is 0.395 e. The molecule has 1 aliphatic rings. The lowest BCUT2D eigenvalue weighted by Crippen LogP contribution is -2.46. The van der Waals surface area contributed by atoms with Crippen LogP contribution in [0.5, 0.6) is 0 Å². The highest BCUT2D eigenvalue weighted by molar-refractivity contribution is 7.99. The second-order valence-electron chi connectivity index (χ2n) is 4.92. The third kappa shape index (κ3) is 4.62. The van der Waals surface area contributed by atoms with Gasteiger partial charge in [-0.25, -0.2) is 0 Å². The number of hydrogen-bond acceptors (Lipinski definition) is 5. The van der Waals surface area contributed by atoms with Crippen LogP contribution in [0.3, 0.4) is 0 Å². The van der Waals surface area contributed by atoms with Crippen LogP contribution >= 0.6 is 11.8 Å². The summed E-state index contributed by atoms with van der Waals surface area (Å²) >= 11 is 1.80. The average Bonchev–Trinajstić information content (AvgIpc) is 2.54. The lowest BCUT2D eigenvalue weighted by Gasteiger charge is -2.23. The molecular formula is C15H23N3O2S. The molecule has 21 heavy (non-hydrogen) atoms. The summed E-state index contributed by atoms with van der Waals surface area (Å²) in [5, 5.41) is 15.2. The lowest BCUT2D eigenvalue weighted by atomic mass is 10.2. The summed E-state index contributed by atoms with van der Waals surface area (Å²) in [5.74, 6) is 1.91. The number of carbonyl (C=O) groups excluding carboxylic acids is 1. The number of benzene rings is 1. The Balaban J connectivity index is 1.93. The van der Waals surface area contributed by atoms with Gasteiger partial charge in [-0.3, -0.25) is 4.79 Å². The van der Waals surface area contributed by atoms with Gasteiger partial charge in [-0.1, -0.05) is 0 Å². The van der Waals surface area contributed by atoms with E-state index >= 15 is 0 Å². The van der Waals surface area contributed by atoms with Gasteiger partial charge in [0.1, 0.15) is 0 Å². The molecule has 1 aliphatic heterocycles. The predicted octanol–water partition coefficient (Wildman–Crippen LogP) is 1.15. The number of nitrogens with one attached hydrogen (secondary N) is 2. The van der Waals surface area contributed by atoms with Gasteiger partial charge in [-0.2, -0.15) is 11.8 Å². The molecule has 2 rings (SSSR count). The Morgan fingerprint density at radius 1 is 1.48 bits per heavy atom. The van der Waals surface area contributed by atoms with Gasteiger partial charge in [0.25, 0.3) is 0 Å². The number of aliphatic hydroxyl groups is 1. The van der Waals surface area contributed by atoms with Crippen LogP contribution in [0.25, 0.3) is 0 Å². The summed E-state index contributed by atoms with van der Waals surface area (Å²) in [4.78, 5) is 14.2. The van der Waals surface area contributed by atoms with Gasteiger partial charge in [0.15, 0.2) is 0 Å². The molecule has 116 valence electrons. The standard InChI is InChI=1S/C15H23N3O2S/c1-2-18(8-9-19)13-5-3-12(4-6-13)17-15(20)14-11-21-10-7-16-14/h3-6,14,16,19H,2,7-11H2,1H3,(H,17,20). The van der Waals surface area contributed by atoms with Gasteiger partial charge in [0, 0.05) is 42.5 Å². The molecule has 1 aromatic rings. The van der Waals surface area contributed by atoms with E-state index in [1.807, 2.05) is 24.3 Å². The Bertz CT molecular complexity index is 447. The van der Waals surface area contributed by atoms with Crippen molar-refractivity contribution in [2.75, 3.05) is 48.0 Å². The van der Waals surface area contributed by atoms with Crippen molar-refractivity contribution in [2.45, 2.75) is 13.0 Å². The van der Waals surface area contributed by atoms with Crippen LogP contribution in [0, 0.1) is 0 Å². The monoisotopic (exact) mass is 309 g/mol. The van der Waals surface area contributed by atoms with E-state index in [0.717, 1.165) is 36.0 Å². The van der Waals surface area contributed by atoms with E-state index in [-0.39, 0.29) is 18.6 Å². The van der Waals surface area contributed by atoms with E-state index in [1.165, 1.54) is 0 Å². The van der Waals surface area contributed by atoms with Gasteiger partial charge < -0.3 is 20.6 Å². The number of hydrogen-bond donors (Lipinski definition) is 3. The number of thioether (sulfide) groups is 1. The molecule has 0 aromatic heterocycles. The summed E-state index contributed by atoms with van der Waals surface area (Å²) in [7, 11) is 0. The molecule has 0 spiro atoms. The van der Waals surface area contributed by atoms with Crippen LogP contribution < -0.4 is 15.5 Å². The maximum absolute atomic E-state index is 12.1. The zero-order chi connectivity index (χ0) is 15.1. The maximum atomic E-state index is 12.1. The molecule has 5 nitrogen and oxygen atoms in total. The number of rotatable bonds is 6. The first-order chi connectivity index (χ1) is 10.2. The molecule has 1 amide bonds. The normalized spacial score (nSPS) is 18.3. The number of carbonyl (C=O) groups is 1. The highest BCUT2D eigenvalue weighted by Gasteiger charge is 2.20. The molecule has 3 N–H and O–H groups in total. The summed E-state index contributed by atoms with van der Waals surface area (Å²) < 4.78 is 0. The minimum absolute atomic E-state index is 0.0256. The molecule has 1 fully saturated rings. The number of anilines is 2. The minimum atomic E-state index is -0.107. The molecule has 0 bridgehead atoms. The van der Waals surface area contributed by atoms with Gasteiger partial charge in [-0.15, -0.1) is 0 Å². The Hall–Kier alpha value is -1.24. The van der Waals surface area contributed by atoms with E-state index in [4.69, 9.17) is 5.11 Å². The minimum Gasteiger partial charge on any atom is -0.395 e. The molecular weight excluding hydrogens is 286 g/mol. The van der Waals surface area contributed by atoms with Crippen molar-refractivity contribution in [2.24, 2.45) is 0 Å². The number of amides is 1. The molecule has 1 saturated heterocycles. The zero-order valence-electron chi connectivity index (χ0n) is 12.3. The van der Waals surface area contributed by atoms with Crippen molar-refractivity contribution in [3.05, 3.63) is 24.3 Å². The van der Waals surface area contributed by atoms with E-state index in [1.54, 1.807) is 11.8 Å². The first-order valence-corrected chi connectivity index (χ1v) is 8.48. The molecule has 0 saturated carbocycles. The lowest BCUT2D eigenvalue weighted by molar-refractivity contribution is -0.117. The fourth-order valence-electron chi connectivity index (χ4n) is 2.31. The van der Waals surface area contributed by atoms with E-state index < -0.39 is 0 Å². The van der Waals surface area contributed by atoms with Crippen molar-refractivity contribution >= 4 is 29.0 Å². The van der Waals surface area contributed by atoms with Gasteiger partial charge >= 0.3 is 0 Å². The third-order valence-corrected chi connectivity index (χ3v) is 4.55. The quantitative estimate of drug-likeness (QED) is 0.736. The molecule has 6 heteroatoms. The molecule has 0 aliphatic carbocycles. The molecule has 0 radical (unpaired) electrons. The smallest absolute Gasteiger partial charge is 0.242 e. The average molecular weight is 309 g/mol. The number of likely N-dealkylation sites (N-methyl/N-ethyl adjacent to an activating group) is 1. The second-order valence-corrected chi connectivity index (χ2v) is 6.07. The SMILES string of the molecule is CCN(CCO)c1ccc(NC(=O)C2CSCCN2)cc1. The molecule has 1 heterocycles. The van der Waals surface area contributed by atoms with Crippen molar-refractivity contribution in [3.63, 3.8) is 0 Å². The van der Waals surface area contributed by atoms with E-state index in [9.17, 15) is 4.79 Å². The second kappa shape index (κ2) is 8.26. The first-order valence-electron chi connectivity index (χ1n) is 7.32. The van der Waals surface area contributed by atoms with Crippen LogP contribution in [-0.2, 0) is 4.79 Å². The summed E-state index contributed by atoms with van der Waals surface area (Å²) in [6.45, 7) is 4.53. The van der Waals surface area contributed by atoms with Crippen molar-refractivity contribution in [1.82, 2.24) is 5.32 Å². The van der Waals surface area contributed by atoms with Crippen LogP contribution in [0.15, 0.2) is 24.3 Å². The molecule has 1 atom stereocenters. The fraction of sp³-hybridized carbons (Fsp3) is 0.533. The van der Waals surface area contributed by atoms with E-state index in [0.29, 0.717) is 6.54 Å². The summed E-state index contributed by atoms with van der Waals surface area (Å²) in [5.41, 5.74) is 1.86.